The lowest BCUT2D eigenvalue weighted by atomic mass is 9.86. The second kappa shape index (κ2) is 6.29. The summed E-state index contributed by atoms with van der Waals surface area (Å²) >= 11 is 0. The number of hydrogen-bond acceptors (Lipinski definition) is 3. The first-order chi connectivity index (χ1) is 10.3. The molecule has 2 aromatic rings. The van der Waals surface area contributed by atoms with Gasteiger partial charge in [0, 0.05) is 0 Å². The molecule has 0 fully saturated rings. The van der Waals surface area contributed by atoms with Crippen LogP contribution in [0.4, 0.5) is 0 Å². The maximum Gasteiger partial charge on any atom is 0.119 e. The van der Waals surface area contributed by atoms with Crippen molar-refractivity contribution < 1.29 is 9.47 Å². The van der Waals surface area contributed by atoms with Gasteiger partial charge in [0.2, 0.25) is 0 Å². The molecular formula is C18H21NO2. The Hall–Kier alpha value is -1.84. The van der Waals surface area contributed by atoms with Crippen molar-refractivity contribution in [3.8, 4) is 5.75 Å². The van der Waals surface area contributed by atoms with Crippen LogP contribution in [0.2, 0.25) is 0 Å². The number of benzene rings is 2. The van der Waals surface area contributed by atoms with Gasteiger partial charge in [-0.1, -0.05) is 36.4 Å². The van der Waals surface area contributed by atoms with E-state index < -0.39 is 0 Å². The molecule has 0 heterocycles. The number of fused-ring (bicyclic) bond motifs is 1. The van der Waals surface area contributed by atoms with Gasteiger partial charge in [-0.2, -0.15) is 0 Å². The lowest BCUT2D eigenvalue weighted by Crippen LogP contribution is -2.33. The summed E-state index contributed by atoms with van der Waals surface area (Å²) in [6, 6.07) is 16.3. The van der Waals surface area contributed by atoms with E-state index in [0.29, 0.717) is 6.61 Å². The van der Waals surface area contributed by atoms with Gasteiger partial charge in [-0.25, -0.2) is 0 Å². The molecule has 21 heavy (non-hydrogen) atoms. The van der Waals surface area contributed by atoms with Crippen LogP contribution in [0, 0.1) is 0 Å². The van der Waals surface area contributed by atoms with Gasteiger partial charge < -0.3 is 15.2 Å². The number of rotatable bonds is 4. The number of aryl methyl sites for hydroxylation is 1. The predicted molar refractivity (Wildman–Crippen MR) is 83.3 cm³/mol. The summed E-state index contributed by atoms with van der Waals surface area (Å²) in [6.45, 7) is 0.610. The fourth-order valence-electron chi connectivity index (χ4n) is 2.88. The first-order valence-corrected chi connectivity index (χ1v) is 7.36. The largest absolute Gasteiger partial charge is 0.497 e. The number of ether oxygens (including phenoxy) is 2. The second-order valence-electron chi connectivity index (χ2n) is 5.46. The molecule has 110 valence electrons. The van der Waals surface area contributed by atoms with Crippen molar-refractivity contribution in [1.82, 2.24) is 0 Å². The number of nitrogens with two attached hydrogens (primary N) is 1. The van der Waals surface area contributed by atoms with E-state index in [0.717, 1.165) is 24.2 Å². The van der Waals surface area contributed by atoms with E-state index in [1.54, 1.807) is 7.11 Å². The van der Waals surface area contributed by atoms with Gasteiger partial charge in [0.05, 0.1) is 25.9 Å². The van der Waals surface area contributed by atoms with Crippen LogP contribution >= 0.6 is 0 Å². The third-order valence-corrected chi connectivity index (χ3v) is 4.12. The molecule has 0 saturated heterocycles. The van der Waals surface area contributed by atoms with Crippen LogP contribution in [0.15, 0.2) is 48.5 Å². The molecule has 2 atom stereocenters. The Morgan fingerprint density at radius 1 is 1.14 bits per heavy atom. The van der Waals surface area contributed by atoms with Crippen molar-refractivity contribution >= 4 is 0 Å². The van der Waals surface area contributed by atoms with E-state index in [9.17, 15) is 0 Å². The van der Waals surface area contributed by atoms with E-state index in [2.05, 4.69) is 18.2 Å². The van der Waals surface area contributed by atoms with Crippen LogP contribution in [0.3, 0.4) is 0 Å². The Kier molecular flexibility index (Phi) is 4.23. The van der Waals surface area contributed by atoms with Crippen LogP contribution < -0.4 is 10.5 Å². The van der Waals surface area contributed by atoms with E-state index in [1.807, 2.05) is 30.3 Å². The first-order valence-electron chi connectivity index (χ1n) is 7.36. The SMILES string of the molecule is COc1ccc2c(c1)C(N)C(OCc1ccccc1)CC2. The molecule has 0 amide bonds. The fourth-order valence-corrected chi connectivity index (χ4v) is 2.88. The zero-order chi connectivity index (χ0) is 14.7. The Balaban J connectivity index is 1.71. The highest BCUT2D eigenvalue weighted by molar-refractivity contribution is 5.39. The summed E-state index contributed by atoms with van der Waals surface area (Å²) in [4.78, 5) is 0. The summed E-state index contributed by atoms with van der Waals surface area (Å²) in [5.41, 5.74) is 10.0. The van der Waals surface area contributed by atoms with Gasteiger partial charge in [-0.15, -0.1) is 0 Å². The summed E-state index contributed by atoms with van der Waals surface area (Å²) in [7, 11) is 1.68. The minimum atomic E-state index is -0.0902. The fraction of sp³-hybridized carbons (Fsp3) is 0.333. The summed E-state index contributed by atoms with van der Waals surface area (Å²) in [5.74, 6) is 0.855. The van der Waals surface area contributed by atoms with Gasteiger partial charge in [0.15, 0.2) is 0 Å². The van der Waals surface area contributed by atoms with Gasteiger partial charge in [0.1, 0.15) is 5.75 Å². The molecule has 3 rings (SSSR count). The average Bonchev–Trinajstić information content (AvgIpc) is 2.55. The maximum absolute atomic E-state index is 6.40. The Morgan fingerprint density at radius 3 is 2.71 bits per heavy atom. The van der Waals surface area contributed by atoms with Crippen LogP contribution in [0.1, 0.15) is 29.2 Å². The van der Waals surface area contributed by atoms with Crippen molar-refractivity contribution in [2.75, 3.05) is 7.11 Å². The lowest BCUT2D eigenvalue weighted by Gasteiger charge is -2.31. The molecule has 2 aromatic carbocycles. The molecule has 0 bridgehead atoms. The normalized spacial score (nSPS) is 20.9. The summed E-state index contributed by atoms with van der Waals surface area (Å²) in [5, 5.41) is 0. The van der Waals surface area contributed by atoms with Gasteiger partial charge in [-0.3, -0.25) is 0 Å². The molecule has 1 aliphatic rings. The molecule has 0 radical (unpaired) electrons. The lowest BCUT2D eigenvalue weighted by molar-refractivity contribution is 0.0134. The highest BCUT2D eigenvalue weighted by Crippen LogP contribution is 2.33. The van der Waals surface area contributed by atoms with Crippen LogP contribution in [0.25, 0.3) is 0 Å². The Labute approximate surface area is 125 Å². The number of hydrogen-bond donors (Lipinski definition) is 1. The summed E-state index contributed by atoms with van der Waals surface area (Å²) in [6.07, 6.45) is 2.03. The molecule has 1 aliphatic carbocycles. The van der Waals surface area contributed by atoms with Crippen molar-refractivity contribution in [3.63, 3.8) is 0 Å². The molecule has 0 saturated carbocycles. The Morgan fingerprint density at radius 2 is 1.95 bits per heavy atom. The standard InChI is InChI=1S/C18H21NO2/c1-20-15-9-7-14-8-10-17(18(19)16(14)11-15)21-12-13-5-3-2-4-6-13/h2-7,9,11,17-18H,8,10,12,19H2,1H3. The average molecular weight is 283 g/mol. The monoisotopic (exact) mass is 283 g/mol. The molecule has 0 spiro atoms. The molecule has 3 nitrogen and oxygen atoms in total. The van der Waals surface area contributed by atoms with Crippen molar-refractivity contribution in [3.05, 3.63) is 65.2 Å². The molecule has 2 N–H and O–H groups in total. The van der Waals surface area contributed by atoms with E-state index in [-0.39, 0.29) is 12.1 Å². The topological polar surface area (TPSA) is 44.5 Å². The van der Waals surface area contributed by atoms with Crippen molar-refractivity contribution in [2.24, 2.45) is 5.73 Å². The van der Waals surface area contributed by atoms with Crippen LogP contribution in [0.5, 0.6) is 5.75 Å². The van der Waals surface area contributed by atoms with E-state index in [4.69, 9.17) is 15.2 Å². The zero-order valence-electron chi connectivity index (χ0n) is 12.3. The van der Waals surface area contributed by atoms with Gasteiger partial charge in [-0.05, 0) is 41.7 Å². The molecule has 3 heteroatoms. The first kappa shape index (κ1) is 14.1. The smallest absolute Gasteiger partial charge is 0.119 e. The highest BCUT2D eigenvalue weighted by Gasteiger charge is 2.27. The van der Waals surface area contributed by atoms with Gasteiger partial charge >= 0.3 is 0 Å². The molecule has 2 unspecified atom stereocenters. The highest BCUT2D eigenvalue weighted by atomic mass is 16.5. The minimum Gasteiger partial charge on any atom is -0.497 e. The Bertz CT molecular complexity index is 597. The van der Waals surface area contributed by atoms with Crippen LogP contribution in [-0.4, -0.2) is 13.2 Å². The molecular weight excluding hydrogens is 262 g/mol. The zero-order valence-corrected chi connectivity index (χ0v) is 12.3. The van der Waals surface area contributed by atoms with Crippen LogP contribution in [-0.2, 0) is 17.8 Å². The summed E-state index contributed by atoms with van der Waals surface area (Å²) < 4.78 is 11.3. The third-order valence-electron chi connectivity index (χ3n) is 4.12. The van der Waals surface area contributed by atoms with Crippen molar-refractivity contribution in [2.45, 2.75) is 31.6 Å². The molecule has 0 aliphatic heterocycles. The second-order valence-corrected chi connectivity index (χ2v) is 5.46. The quantitative estimate of drug-likeness (QED) is 0.937. The van der Waals surface area contributed by atoms with Gasteiger partial charge in [0.25, 0.3) is 0 Å². The molecule has 0 aromatic heterocycles. The van der Waals surface area contributed by atoms with E-state index in [1.165, 1.54) is 11.1 Å². The maximum atomic E-state index is 6.40. The van der Waals surface area contributed by atoms with Crippen molar-refractivity contribution in [1.29, 1.82) is 0 Å². The minimum absolute atomic E-state index is 0.0600. The predicted octanol–water partition coefficient (Wildman–Crippen LogP) is 3.23. The van der Waals surface area contributed by atoms with E-state index >= 15 is 0 Å². The third kappa shape index (κ3) is 3.09. The number of methoxy groups -OCH3 is 1.